The summed E-state index contributed by atoms with van der Waals surface area (Å²) in [5.41, 5.74) is 0.497. The first kappa shape index (κ1) is 17.3. The molecule has 0 saturated carbocycles. The van der Waals surface area contributed by atoms with Gasteiger partial charge in [0.1, 0.15) is 11.5 Å². The molecule has 2 aromatic rings. The topological polar surface area (TPSA) is 50.8 Å². The molecule has 0 spiro atoms. The van der Waals surface area contributed by atoms with E-state index in [0.717, 1.165) is 0 Å². The molecular formula is C17H22N2O3S. The van der Waals surface area contributed by atoms with Crippen LogP contribution in [0, 0.1) is 0 Å². The second-order valence-corrected chi connectivity index (χ2v) is 6.25. The van der Waals surface area contributed by atoms with Gasteiger partial charge in [-0.15, -0.1) is 11.3 Å². The van der Waals surface area contributed by atoms with Gasteiger partial charge < -0.3 is 19.7 Å². The second kappa shape index (κ2) is 7.99. The second-order valence-electron chi connectivity index (χ2n) is 5.27. The molecule has 1 N–H and O–H groups in total. The molecule has 1 amide bonds. The summed E-state index contributed by atoms with van der Waals surface area (Å²) < 4.78 is 10.4. The number of benzene rings is 1. The average Bonchev–Trinajstić information content (AvgIpc) is 3.08. The minimum Gasteiger partial charge on any atom is -0.497 e. The van der Waals surface area contributed by atoms with Gasteiger partial charge in [0.2, 0.25) is 0 Å². The van der Waals surface area contributed by atoms with Crippen molar-refractivity contribution in [1.82, 2.24) is 10.2 Å². The Kier molecular flexibility index (Phi) is 6.01. The molecule has 23 heavy (non-hydrogen) atoms. The molecule has 0 saturated heterocycles. The molecule has 1 aromatic carbocycles. The van der Waals surface area contributed by atoms with Gasteiger partial charge in [-0.05, 0) is 37.7 Å². The molecule has 5 nitrogen and oxygen atoms in total. The Bertz CT molecular complexity index is 641. The highest BCUT2D eigenvalue weighted by Crippen LogP contribution is 2.25. The van der Waals surface area contributed by atoms with Crippen LogP contribution in [0.25, 0.3) is 0 Å². The molecule has 0 radical (unpaired) electrons. The number of thiophene rings is 1. The van der Waals surface area contributed by atoms with E-state index < -0.39 is 0 Å². The number of rotatable bonds is 7. The van der Waals surface area contributed by atoms with Gasteiger partial charge in [0, 0.05) is 17.5 Å². The zero-order valence-corrected chi connectivity index (χ0v) is 14.6. The van der Waals surface area contributed by atoms with Gasteiger partial charge in [0.15, 0.2) is 0 Å². The van der Waals surface area contributed by atoms with Crippen molar-refractivity contribution in [1.29, 1.82) is 0 Å². The lowest BCUT2D eigenvalue weighted by atomic mass is 10.1. The molecule has 0 aliphatic carbocycles. The molecule has 1 aromatic heterocycles. The Balaban J connectivity index is 2.09. The SMILES string of the molecule is COc1ccc(C(=O)NC[C@@H](c2cccs2)N(C)C)c(OC)c1. The Morgan fingerprint density at radius 1 is 1.26 bits per heavy atom. The van der Waals surface area contributed by atoms with Crippen molar-refractivity contribution < 1.29 is 14.3 Å². The van der Waals surface area contributed by atoms with E-state index in [1.54, 1.807) is 43.8 Å². The van der Waals surface area contributed by atoms with Gasteiger partial charge in [-0.3, -0.25) is 4.79 Å². The van der Waals surface area contributed by atoms with E-state index in [-0.39, 0.29) is 11.9 Å². The first-order chi connectivity index (χ1) is 11.1. The summed E-state index contributed by atoms with van der Waals surface area (Å²) in [5, 5.41) is 5.03. The zero-order valence-electron chi connectivity index (χ0n) is 13.8. The maximum Gasteiger partial charge on any atom is 0.255 e. The van der Waals surface area contributed by atoms with Crippen LogP contribution in [-0.2, 0) is 0 Å². The third-order valence-electron chi connectivity index (χ3n) is 3.60. The summed E-state index contributed by atoms with van der Waals surface area (Å²) in [4.78, 5) is 15.8. The van der Waals surface area contributed by atoms with Gasteiger partial charge in [-0.25, -0.2) is 0 Å². The first-order valence-corrected chi connectivity index (χ1v) is 8.14. The number of likely N-dealkylation sites (N-methyl/N-ethyl adjacent to an activating group) is 1. The van der Waals surface area contributed by atoms with Crippen molar-refractivity contribution in [3.05, 3.63) is 46.2 Å². The lowest BCUT2D eigenvalue weighted by Gasteiger charge is -2.23. The fraction of sp³-hybridized carbons (Fsp3) is 0.353. The van der Waals surface area contributed by atoms with E-state index in [1.807, 2.05) is 25.5 Å². The third kappa shape index (κ3) is 4.24. The number of hydrogen-bond acceptors (Lipinski definition) is 5. The largest absolute Gasteiger partial charge is 0.497 e. The minimum absolute atomic E-state index is 0.142. The van der Waals surface area contributed by atoms with Crippen LogP contribution in [0.15, 0.2) is 35.7 Å². The number of methoxy groups -OCH3 is 2. The van der Waals surface area contributed by atoms with Crippen molar-refractivity contribution in [2.24, 2.45) is 0 Å². The molecule has 0 unspecified atom stereocenters. The summed E-state index contributed by atoms with van der Waals surface area (Å²) in [6, 6.07) is 9.41. The molecule has 1 heterocycles. The van der Waals surface area contributed by atoms with Crippen LogP contribution < -0.4 is 14.8 Å². The van der Waals surface area contributed by atoms with Gasteiger partial charge in [-0.1, -0.05) is 6.07 Å². The van der Waals surface area contributed by atoms with Gasteiger partial charge in [-0.2, -0.15) is 0 Å². The highest BCUT2D eigenvalue weighted by atomic mass is 32.1. The van der Waals surface area contributed by atoms with Crippen LogP contribution in [-0.4, -0.2) is 45.7 Å². The predicted octanol–water partition coefficient (Wildman–Crippen LogP) is 2.80. The summed E-state index contributed by atoms with van der Waals surface area (Å²) in [6.45, 7) is 0.529. The fourth-order valence-corrected chi connectivity index (χ4v) is 3.21. The molecule has 0 fully saturated rings. The van der Waals surface area contributed by atoms with Gasteiger partial charge in [0.05, 0.1) is 25.8 Å². The Labute approximate surface area is 140 Å². The summed E-state index contributed by atoms with van der Waals surface area (Å²) in [5.74, 6) is 0.996. The van der Waals surface area contributed by atoms with Gasteiger partial charge >= 0.3 is 0 Å². The number of ether oxygens (including phenoxy) is 2. The number of carbonyl (C=O) groups excluding carboxylic acids is 1. The molecular weight excluding hydrogens is 312 g/mol. The molecule has 1 atom stereocenters. The number of hydrogen-bond donors (Lipinski definition) is 1. The van der Waals surface area contributed by atoms with Crippen LogP contribution in [0.1, 0.15) is 21.3 Å². The summed E-state index contributed by atoms with van der Waals surface area (Å²) in [6.07, 6.45) is 0. The zero-order chi connectivity index (χ0) is 16.8. The summed E-state index contributed by atoms with van der Waals surface area (Å²) >= 11 is 1.69. The van der Waals surface area contributed by atoms with Crippen molar-refractivity contribution in [3.8, 4) is 11.5 Å². The molecule has 0 aliphatic rings. The number of amides is 1. The Hall–Kier alpha value is -2.05. The molecule has 124 valence electrons. The van der Waals surface area contributed by atoms with E-state index in [2.05, 4.69) is 16.3 Å². The van der Waals surface area contributed by atoms with Gasteiger partial charge in [0.25, 0.3) is 5.91 Å². The smallest absolute Gasteiger partial charge is 0.255 e. The van der Waals surface area contributed by atoms with E-state index in [1.165, 1.54) is 4.88 Å². The van der Waals surface area contributed by atoms with Crippen LogP contribution in [0.2, 0.25) is 0 Å². The molecule has 0 bridgehead atoms. The van der Waals surface area contributed by atoms with Crippen molar-refractivity contribution in [2.45, 2.75) is 6.04 Å². The summed E-state index contributed by atoms with van der Waals surface area (Å²) in [7, 11) is 7.13. The lowest BCUT2D eigenvalue weighted by molar-refractivity contribution is 0.0939. The van der Waals surface area contributed by atoms with E-state index >= 15 is 0 Å². The molecule has 0 aliphatic heterocycles. The highest BCUT2D eigenvalue weighted by molar-refractivity contribution is 7.10. The maximum absolute atomic E-state index is 12.5. The Morgan fingerprint density at radius 2 is 2.04 bits per heavy atom. The van der Waals surface area contributed by atoms with Crippen molar-refractivity contribution >= 4 is 17.2 Å². The van der Waals surface area contributed by atoms with Crippen molar-refractivity contribution in [3.63, 3.8) is 0 Å². The number of nitrogens with zero attached hydrogens (tertiary/aromatic N) is 1. The van der Waals surface area contributed by atoms with E-state index in [9.17, 15) is 4.79 Å². The minimum atomic E-state index is -0.159. The lowest BCUT2D eigenvalue weighted by Crippen LogP contribution is -2.34. The predicted molar refractivity (Wildman–Crippen MR) is 92.6 cm³/mol. The number of carbonyl (C=O) groups is 1. The maximum atomic E-state index is 12.5. The third-order valence-corrected chi connectivity index (χ3v) is 4.58. The first-order valence-electron chi connectivity index (χ1n) is 7.27. The molecule has 6 heteroatoms. The standard InChI is InChI=1S/C17H22N2O3S/c1-19(2)14(16-6-5-9-23-16)11-18-17(20)13-8-7-12(21-3)10-15(13)22-4/h5-10,14H,11H2,1-4H3,(H,18,20)/t14-/m0/s1. The van der Waals surface area contributed by atoms with Crippen LogP contribution >= 0.6 is 11.3 Å². The van der Waals surface area contributed by atoms with Crippen LogP contribution in [0.3, 0.4) is 0 Å². The monoisotopic (exact) mass is 334 g/mol. The normalized spacial score (nSPS) is 12.0. The average molecular weight is 334 g/mol. The van der Waals surface area contributed by atoms with E-state index in [4.69, 9.17) is 9.47 Å². The Morgan fingerprint density at radius 3 is 2.61 bits per heavy atom. The highest BCUT2D eigenvalue weighted by Gasteiger charge is 2.18. The number of nitrogens with one attached hydrogen (secondary N) is 1. The fourth-order valence-electron chi connectivity index (χ4n) is 2.29. The van der Waals surface area contributed by atoms with E-state index in [0.29, 0.717) is 23.6 Å². The van der Waals surface area contributed by atoms with Crippen molar-refractivity contribution in [2.75, 3.05) is 34.9 Å². The van der Waals surface area contributed by atoms with Crippen LogP contribution in [0.4, 0.5) is 0 Å². The van der Waals surface area contributed by atoms with Crippen LogP contribution in [0.5, 0.6) is 11.5 Å². The molecule has 2 rings (SSSR count). The quantitative estimate of drug-likeness (QED) is 0.846.